The smallest absolute Gasteiger partial charge is 0.410 e. The fourth-order valence-electron chi connectivity index (χ4n) is 1.70. The summed E-state index contributed by atoms with van der Waals surface area (Å²) in [7, 11) is 0. The molecule has 0 aromatic rings. The van der Waals surface area contributed by atoms with E-state index in [1.54, 1.807) is 11.1 Å². The highest BCUT2D eigenvalue weighted by molar-refractivity contribution is 8.13. The standard InChI is InChI=1S/C12H20N4O2S/c1-12(2,3)18-11(17)16-7-5-15(6-8-16)10(19-4)14-9-13/h5-8H2,1-4H3/b14-10-. The van der Waals surface area contributed by atoms with Crippen molar-refractivity contribution in [2.24, 2.45) is 4.99 Å². The second-order valence-electron chi connectivity index (χ2n) is 5.15. The molecule has 1 aliphatic rings. The van der Waals surface area contributed by atoms with Crippen molar-refractivity contribution in [3.8, 4) is 6.19 Å². The number of rotatable bonds is 0. The lowest BCUT2D eigenvalue weighted by Crippen LogP contribution is -2.51. The Morgan fingerprint density at radius 2 is 1.79 bits per heavy atom. The molecule has 1 aliphatic heterocycles. The van der Waals surface area contributed by atoms with E-state index in [1.807, 2.05) is 31.9 Å². The highest BCUT2D eigenvalue weighted by atomic mass is 32.2. The van der Waals surface area contributed by atoms with Gasteiger partial charge in [0.1, 0.15) is 5.60 Å². The quantitative estimate of drug-likeness (QED) is 0.385. The number of piperazine rings is 1. The molecule has 1 amide bonds. The van der Waals surface area contributed by atoms with Crippen LogP contribution in [0.2, 0.25) is 0 Å². The van der Waals surface area contributed by atoms with Crippen LogP contribution >= 0.6 is 11.8 Å². The minimum atomic E-state index is -0.471. The van der Waals surface area contributed by atoms with Gasteiger partial charge in [0.15, 0.2) is 5.17 Å². The van der Waals surface area contributed by atoms with Gasteiger partial charge in [-0.2, -0.15) is 5.26 Å². The van der Waals surface area contributed by atoms with E-state index in [-0.39, 0.29) is 6.09 Å². The second-order valence-corrected chi connectivity index (χ2v) is 5.93. The summed E-state index contributed by atoms with van der Waals surface area (Å²) in [6.07, 6.45) is 3.40. The van der Waals surface area contributed by atoms with Crippen LogP contribution in [0.25, 0.3) is 0 Å². The van der Waals surface area contributed by atoms with Crippen LogP contribution in [0.4, 0.5) is 4.79 Å². The van der Waals surface area contributed by atoms with Gasteiger partial charge in [-0.15, -0.1) is 4.99 Å². The molecule has 0 unspecified atom stereocenters. The lowest BCUT2D eigenvalue weighted by Gasteiger charge is -2.36. The Labute approximate surface area is 118 Å². The second kappa shape index (κ2) is 6.66. The fraction of sp³-hybridized carbons (Fsp3) is 0.750. The third-order valence-corrected chi connectivity index (χ3v) is 3.24. The number of amidine groups is 1. The minimum Gasteiger partial charge on any atom is -0.444 e. The van der Waals surface area contributed by atoms with Crippen molar-refractivity contribution in [1.82, 2.24) is 9.80 Å². The van der Waals surface area contributed by atoms with E-state index in [9.17, 15) is 4.79 Å². The Balaban J connectivity index is 2.52. The van der Waals surface area contributed by atoms with Crippen LogP contribution in [0.3, 0.4) is 0 Å². The highest BCUT2D eigenvalue weighted by Gasteiger charge is 2.26. The van der Waals surface area contributed by atoms with Crippen LogP contribution in [-0.4, -0.2) is 59.1 Å². The molecular formula is C12H20N4O2S. The zero-order chi connectivity index (χ0) is 14.5. The van der Waals surface area contributed by atoms with E-state index in [0.29, 0.717) is 31.3 Å². The van der Waals surface area contributed by atoms with Gasteiger partial charge in [-0.1, -0.05) is 11.8 Å². The van der Waals surface area contributed by atoms with Crippen LogP contribution in [0.15, 0.2) is 4.99 Å². The molecule has 1 fully saturated rings. The van der Waals surface area contributed by atoms with Gasteiger partial charge in [-0.25, -0.2) is 4.79 Å². The summed E-state index contributed by atoms with van der Waals surface area (Å²) >= 11 is 1.44. The molecule has 0 bridgehead atoms. The van der Waals surface area contributed by atoms with Crippen molar-refractivity contribution < 1.29 is 9.53 Å². The van der Waals surface area contributed by atoms with E-state index < -0.39 is 5.60 Å². The van der Waals surface area contributed by atoms with Gasteiger partial charge in [0, 0.05) is 26.2 Å². The number of carbonyl (C=O) groups is 1. The van der Waals surface area contributed by atoms with Crippen LogP contribution in [-0.2, 0) is 4.74 Å². The molecule has 1 saturated heterocycles. The number of nitrogens with zero attached hydrogens (tertiary/aromatic N) is 4. The molecular weight excluding hydrogens is 264 g/mol. The number of ether oxygens (including phenoxy) is 1. The number of carbonyl (C=O) groups excluding carboxylic acids is 1. The summed E-state index contributed by atoms with van der Waals surface area (Å²) in [6.45, 7) is 8.06. The average molecular weight is 284 g/mol. The third kappa shape index (κ3) is 4.99. The first-order valence-electron chi connectivity index (χ1n) is 6.11. The number of hydrogen-bond acceptors (Lipinski definition) is 5. The van der Waals surface area contributed by atoms with E-state index in [1.165, 1.54) is 11.8 Å². The molecule has 0 N–H and O–H groups in total. The van der Waals surface area contributed by atoms with Gasteiger partial charge in [-0.3, -0.25) is 0 Å². The third-order valence-electron chi connectivity index (χ3n) is 2.53. The van der Waals surface area contributed by atoms with Crippen LogP contribution in [0, 0.1) is 11.5 Å². The zero-order valence-corrected chi connectivity index (χ0v) is 12.7. The molecule has 0 aromatic heterocycles. The van der Waals surface area contributed by atoms with Crippen LogP contribution < -0.4 is 0 Å². The number of hydrogen-bond donors (Lipinski definition) is 0. The number of nitriles is 1. The predicted molar refractivity (Wildman–Crippen MR) is 75.9 cm³/mol. The van der Waals surface area contributed by atoms with Gasteiger partial charge < -0.3 is 14.5 Å². The van der Waals surface area contributed by atoms with Crippen molar-refractivity contribution in [1.29, 1.82) is 5.26 Å². The molecule has 0 spiro atoms. The minimum absolute atomic E-state index is 0.282. The Bertz CT molecular complexity index is 390. The van der Waals surface area contributed by atoms with Crippen molar-refractivity contribution >= 4 is 23.0 Å². The molecule has 19 heavy (non-hydrogen) atoms. The Morgan fingerprint density at radius 3 is 2.21 bits per heavy atom. The van der Waals surface area contributed by atoms with E-state index in [2.05, 4.69) is 4.99 Å². The first kappa shape index (κ1) is 15.6. The summed E-state index contributed by atoms with van der Waals surface area (Å²) in [5.74, 6) is 0. The van der Waals surface area contributed by atoms with E-state index >= 15 is 0 Å². The number of aliphatic imine (C=N–C) groups is 1. The van der Waals surface area contributed by atoms with Crippen LogP contribution in [0.5, 0.6) is 0 Å². The molecule has 0 saturated carbocycles. The number of thioether (sulfide) groups is 1. The summed E-state index contributed by atoms with van der Waals surface area (Å²) in [6, 6.07) is 0. The Hall–Kier alpha value is -1.42. The van der Waals surface area contributed by atoms with Gasteiger partial charge >= 0.3 is 6.09 Å². The summed E-state index contributed by atoms with van der Waals surface area (Å²) < 4.78 is 5.33. The maximum Gasteiger partial charge on any atom is 0.410 e. The molecule has 0 radical (unpaired) electrons. The Kier molecular flexibility index (Phi) is 5.48. The fourth-order valence-corrected chi connectivity index (χ4v) is 2.27. The maximum atomic E-state index is 11.9. The molecule has 6 nitrogen and oxygen atoms in total. The van der Waals surface area contributed by atoms with Gasteiger partial charge in [0.25, 0.3) is 0 Å². The molecule has 1 rings (SSSR count). The van der Waals surface area contributed by atoms with Crippen molar-refractivity contribution in [3.63, 3.8) is 0 Å². The van der Waals surface area contributed by atoms with Crippen molar-refractivity contribution in [3.05, 3.63) is 0 Å². The topological polar surface area (TPSA) is 68.9 Å². The molecule has 7 heteroatoms. The first-order chi connectivity index (χ1) is 8.87. The van der Waals surface area contributed by atoms with Crippen LogP contribution in [0.1, 0.15) is 20.8 Å². The van der Waals surface area contributed by atoms with E-state index in [0.717, 1.165) is 0 Å². The molecule has 0 atom stereocenters. The average Bonchev–Trinajstić information content (AvgIpc) is 2.34. The van der Waals surface area contributed by atoms with Crippen molar-refractivity contribution in [2.45, 2.75) is 26.4 Å². The van der Waals surface area contributed by atoms with Gasteiger partial charge in [-0.05, 0) is 27.0 Å². The zero-order valence-electron chi connectivity index (χ0n) is 11.8. The highest BCUT2D eigenvalue weighted by Crippen LogP contribution is 2.14. The maximum absolute atomic E-state index is 11.9. The normalized spacial score (nSPS) is 17.1. The molecule has 106 valence electrons. The monoisotopic (exact) mass is 284 g/mol. The summed E-state index contributed by atoms with van der Waals surface area (Å²) in [4.78, 5) is 19.4. The first-order valence-corrected chi connectivity index (χ1v) is 7.33. The predicted octanol–water partition coefficient (Wildman–Crippen LogP) is 1.74. The molecule has 0 aliphatic carbocycles. The SMILES string of the molecule is CS/C(=N\C#N)N1CCN(C(=O)OC(C)(C)C)CC1. The summed E-state index contributed by atoms with van der Waals surface area (Å²) in [5.41, 5.74) is -0.471. The molecule has 0 aromatic carbocycles. The van der Waals surface area contributed by atoms with Gasteiger partial charge in [0.05, 0.1) is 0 Å². The van der Waals surface area contributed by atoms with Gasteiger partial charge in [0.2, 0.25) is 6.19 Å². The lowest BCUT2D eigenvalue weighted by molar-refractivity contribution is 0.0188. The Morgan fingerprint density at radius 1 is 1.26 bits per heavy atom. The molecule has 1 heterocycles. The summed E-state index contributed by atoms with van der Waals surface area (Å²) in [5, 5.41) is 9.30. The lowest BCUT2D eigenvalue weighted by atomic mass is 10.2. The number of amides is 1. The van der Waals surface area contributed by atoms with E-state index in [4.69, 9.17) is 10.00 Å². The van der Waals surface area contributed by atoms with Crippen molar-refractivity contribution in [2.75, 3.05) is 32.4 Å². The largest absolute Gasteiger partial charge is 0.444 e.